The Morgan fingerprint density at radius 3 is 0.808 bits per heavy atom. The zero-order valence-corrected chi connectivity index (χ0v) is 51.7. The summed E-state index contributed by atoms with van der Waals surface area (Å²) in [4.78, 5) is 38.4. The summed E-state index contributed by atoms with van der Waals surface area (Å²) in [7, 11) is 0. The van der Waals surface area contributed by atoms with Crippen LogP contribution in [0.1, 0.15) is 335 Å². The van der Waals surface area contributed by atoms with E-state index in [-0.39, 0.29) is 31.1 Å². The molecular weight excluding hydrogens is 961 g/mol. The molecule has 0 heterocycles. The van der Waals surface area contributed by atoms with Gasteiger partial charge in [-0.2, -0.15) is 0 Å². The minimum absolute atomic E-state index is 0.0895. The Bertz CT molecular complexity index is 1480. The highest BCUT2D eigenvalue weighted by atomic mass is 16.6. The monoisotopic (exact) mass is 1090 g/mol. The highest BCUT2D eigenvalue weighted by Crippen LogP contribution is 2.17. The second-order valence-corrected chi connectivity index (χ2v) is 22.3. The molecule has 0 aromatic rings. The van der Waals surface area contributed by atoms with Gasteiger partial charge in [0, 0.05) is 19.3 Å². The molecule has 0 aliphatic carbocycles. The molecule has 0 fully saturated rings. The summed E-state index contributed by atoms with van der Waals surface area (Å²) < 4.78 is 16.9. The van der Waals surface area contributed by atoms with Crippen LogP contribution in [0.3, 0.4) is 0 Å². The second-order valence-electron chi connectivity index (χ2n) is 22.3. The van der Waals surface area contributed by atoms with Gasteiger partial charge in [0.15, 0.2) is 6.10 Å². The summed E-state index contributed by atoms with van der Waals surface area (Å²) in [6.45, 7) is 6.51. The normalized spacial score (nSPS) is 12.6. The fraction of sp³-hybridized carbons (Fsp3) is 0.764. The highest BCUT2D eigenvalue weighted by Gasteiger charge is 2.19. The van der Waals surface area contributed by atoms with Crippen LogP contribution < -0.4 is 0 Å². The van der Waals surface area contributed by atoms with Crippen molar-refractivity contribution in [2.24, 2.45) is 0 Å². The predicted octanol–water partition coefficient (Wildman–Crippen LogP) is 23.1. The lowest BCUT2D eigenvalue weighted by molar-refractivity contribution is -0.167. The van der Waals surface area contributed by atoms with Crippen LogP contribution in [0.25, 0.3) is 0 Å². The molecule has 0 amide bonds. The first-order valence-electron chi connectivity index (χ1n) is 33.6. The van der Waals surface area contributed by atoms with Gasteiger partial charge in [-0.25, -0.2) is 0 Å². The Kier molecular flexibility index (Phi) is 63.2. The Morgan fingerprint density at radius 2 is 0.500 bits per heavy atom. The van der Waals surface area contributed by atoms with Crippen molar-refractivity contribution >= 4 is 17.9 Å². The van der Waals surface area contributed by atoms with Crippen molar-refractivity contribution in [1.29, 1.82) is 0 Å². The molecule has 6 heteroatoms. The first kappa shape index (κ1) is 74.6. The third-order valence-corrected chi connectivity index (χ3v) is 14.6. The molecule has 6 nitrogen and oxygen atoms in total. The van der Waals surface area contributed by atoms with Crippen molar-refractivity contribution in [1.82, 2.24) is 0 Å². The summed E-state index contributed by atoms with van der Waals surface area (Å²) in [5, 5.41) is 0. The van der Waals surface area contributed by atoms with Crippen LogP contribution in [-0.2, 0) is 28.6 Å². The maximum absolute atomic E-state index is 12.9. The van der Waals surface area contributed by atoms with Crippen LogP contribution in [-0.4, -0.2) is 37.2 Å². The van der Waals surface area contributed by atoms with Gasteiger partial charge < -0.3 is 14.2 Å². The van der Waals surface area contributed by atoms with Gasteiger partial charge in [-0.3, -0.25) is 14.4 Å². The molecule has 0 aromatic heterocycles. The number of allylic oxidation sites excluding steroid dienone is 14. The van der Waals surface area contributed by atoms with E-state index in [1.807, 2.05) is 0 Å². The van der Waals surface area contributed by atoms with Gasteiger partial charge in [0.05, 0.1) is 0 Å². The van der Waals surface area contributed by atoms with Crippen molar-refractivity contribution in [3.63, 3.8) is 0 Å². The quantitative estimate of drug-likeness (QED) is 0.0261. The number of rotatable bonds is 61. The van der Waals surface area contributed by atoms with E-state index in [0.717, 1.165) is 122 Å². The zero-order chi connectivity index (χ0) is 56.4. The molecule has 0 saturated carbocycles. The SMILES string of the molecule is CC/C=C\C/C=C\C/C=C\C/C=C\CCCCCCC(=O)OC(COC(=O)CCCCCCC/C=C\C/C=C\CCCCCC)COC(=O)CCCCCCCCCCCCCCCCC/C=C\CCCCCCCCCC. The number of carbonyl (C=O) groups excluding carboxylic acids is 3. The van der Waals surface area contributed by atoms with Crippen molar-refractivity contribution < 1.29 is 28.6 Å². The number of esters is 3. The van der Waals surface area contributed by atoms with E-state index in [2.05, 4.69) is 106 Å². The summed E-state index contributed by atoms with van der Waals surface area (Å²) in [6, 6.07) is 0. The van der Waals surface area contributed by atoms with Gasteiger partial charge in [-0.15, -0.1) is 0 Å². The third-order valence-electron chi connectivity index (χ3n) is 14.6. The molecule has 450 valence electrons. The first-order valence-corrected chi connectivity index (χ1v) is 33.6. The van der Waals surface area contributed by atoms with E-state index in [4.69, 9.17) is 14.2 Å². The van der Waals surface area contributed by atoms with Gasteiger partial charge in [0.1, 0.15) is 13.2 Å². The average Bonchev–Trinajstić information content (AvgIpc) is 3.44. The smallest absolute Gasteiger partial charge is 0.306 e. The van der Waals surface area contributed by atoms with Crippen LogP contribution in [0.5, 0.6) is 0 Å². The molecule has 0 aliphatic heterocycles. The van der Waals surface area contributed by atoms with E-state index >= 15 is 0 Å². The third kappa shape index (κ3) is 63.4. The number of ether oxygens (including phenoxy) is 3. The van der Waals surface area contributed by atoms with Gasteiger partial charge in [-0.05, 0) is 116 Å². The predicted molar refractivity (Wildman–Crippen MR) is 339 cm³/mol. The minimum atomic E-state index is -0.797. The van der Waals surface area contributed by atoms with E-state index < -0.39 is 6.10 Å². The Hall–Kier alpha value is -3.41. The molecule has 78 heavy (non-hydrogen) atoms. The van der Waals surface area contributed by atoms with Crippen molar-refractivity contribution in [3.8, 4) is 0 Å². The largest absolute Gasteiger partial charge is 0.462 e. The van der Waals surface area contributed by atoms with Crippen molar-refractivity contribution in [2.45, 2.75) is 341 Å². The molecule has 0 bridgehead atoms. The Balaban J connectivity index is 4.31. The Morgan fingerprint density at radius 1 is 0.269 bits per heavy atom. The number of carbonyl (C=O) groups is 3. The summed E-state index contributed by atoms with van der Waals surface area (Å²) >= 11 is 0. The highest BCUT2D eigenvalue weighted by molar-refractivity contribution is 5.71. The molecule has 0 aliphatic rings. The van der Waals surface area contributed by atoms with E-state index in [0.29, 0.717) is 19.3 Å². The topological polar surface area (TPSA) is 78.9 Å². The van der Waals surface area contributed by atoms with Gasteiger partial charge in [-0.1, -0.05) is 286 Å². The van der Waals surface area contributed by atoms with Crippen molar-refractivity contribution in [2.75, 3.05) is 13.2 Å². The minimum Gasteiger partial charge on any atom is -0.462 e. The standard InChI is InChI=1S/C72H126O6/c1-4-7-10-13-16-19-22-25-28-31-32-33-34-35-36-37-38-39-40-42-44-47-50-53-56-59-62-65-71(74)77-68-69(67-76-70(73)64-61-58-55-52-49-46-43-30-27-24-21-18-15-12-9-6-3)78-72(75)66-63-60-57-54-51-48-45-41-29-26-23-20-17-14-11-8-5-2/h8,11,17,20-21,24,26,29-32,43,45,48,69H,4-7,9-10,12-16,18-19,22-23,25,27-28,33-42,44,46-47,49-68H2,1-3H3/b11-8-,20-17-,24-21-,29-26-,32-31-,43-30-,48-45-. The van der Waals surface area contributed by atoms with E-state index in [1.54, 1.807) is 0 Å². The molecule has 0 saturated heterocycles. The summed E-state index contributed by atoms with van der Waals surface area (Å²) in [5.41, 5.74) is 0. The van der Waals surface area contributed by atoms with Gasteiger partial charge in [0.25, 0.3) is 0 Å². The molecular formula is C72H126O6. The molecule has 1 atom stereocenters. The first-order chi connectivity index (χ1) is 38.5. The molecule has 0 N–H and O–H groups in total. The number of hydrogen-bond acceptors (Lipinski definition) is 6. The molecule has 1 unspecified atom stereocenters. The van der Waals surface area contributed by atoms with Crippen molar-refractivity contribution in [3.05, 3.63) is 85.1 Å². The number of hydrogen-bond donors (Lipinski definition) is 0. The van der Waals surface area contributed by atoms with Gasteiger partial charge >= 0.3 is 17.9 Å². The second kappa shape index (κ2) is 66.1. The summed E-state index contributed by atoms with van der Waals surface area (Å²) in [5.74, 6) is -0.914. The van der Waals surface area contributed by atoms with Gasteiger partial charge in [0.2, 0.25) is 0 Å². The average molecular weight is 1090 g/mol. The number of unbranched alkanes of at least 4 members (excludes halogenated alkanes) is 36. The molecule has 0 aromatic carbocycles. The zero-order valence-electron chi connectivity index (χ0n) is 51.7. The lowest BCUT2D eigenvalue weighted by Crippen LogP contribution is -2.30. The fourth-order valence-electron chi connectivity index (χ4n) is 9.58. The van der Waals surface area contributed by atoms with Crippen LogP contribution in [0, 0.1) is 0 Å². The lowest BCUT2D eigenvalue weighted by Gasteiger charge is -2.18. The maximum Gasteiger partial charge on any atom is 0.306 e. The lowest BCUT2D eigenvalue weighted by atomic mass is 10.0. The van der Waals surface area contributed by atoms with Crippen LogP contribution in [0.15, 0.2) is 85.1 Å². The molecule has 0 rings (SSSR count). The fourth-order valence-corrected chi connectivity index (χ4v) is 9.58. The van der Waals surface area contributed by atoms with Crippen LogP contribution >= 0.6 is 0 Å². The van der Waals surface area contributed by atoms with E-state index in [1.165, 1.54) is 173 Å². The molecule has 0 spiro atoms. The van der Waals surface area contributed by atoms with E-state index in [9.17, 15) is 14.4 Å². The maximum atomic E-state index is 12.9. The Labute approximate surface area is 484 Å². The van der Waals surface area contributed by atoms with Crippen LogP contribution in [0.4, 0.5) is 0 Å². The summed E-state index contributed by atoms with van der Waals surface area (Å²) in [6.07, 6.45) is 87.5. The molecule has 0 radical (unpaired) electrons. The van der Waals surface area contributed by atoms with Crippen LogP contribution in [0.2, 0.25) is 0 Å².